The average molecular weight is 210 g/mol. The van der Waals surface area contributed by atoms with Crippen molar-refractivity contribution in [2.45, 2.75) is 12.5 Å². The molecule has 1 aromatic rings. The van der Waals surface area contributed by atoms with Gasteiger partial charge in [0.2, 0.25) is 0 Å². The van der Waals surface area contributed by atoms with Crippen LogP contribution in [0.1, 0.15) is 6.92 Å². The lowest BCUT2D eigenvalue weighted by Gasteiger charge is -2.20. The Morgan fingerprint density at radius 2 is 2.00 bits per heavy atom. The lowest BCUT2D eigenvalue weighted by Crippen LogP contribution is -2.50. The minimum absolute atomic E-state index is 0.118. The fraction of sp³-hybridized carbons (Fsp3) is 0.300. The number of aliphatic carboxylic acids is 1. The number of carboxylic acids is 1. The molecule has 5 nitrogen and oxygen atoms in total. The summed E-state index contributed by atoms with van der Waals surface area (Å²) >= 11 is 0. The van der Waals surface area contributed by atoms with Gasteiger partial charge in [0.15, 0.2) is 0 Å². The van der Waals surface area contributed by atoms with Gasteiger partial charge in [-0.2, -0.15) is 0 Å². The van der Waals surface area contributed by atoms with Gasteiger partial charge in [0.25, 0.3) is 0 Å². The summed E-state index contributed by atoms with van der Waals surface area (Å²) in [5.74, 6) is -0.900. The zero-order valence-electron chi connectivity index (χ0n) is 8.40. The Balaban J connectivity index is 2.57. The van der Waals surface area contributed by atoms with Crippen LogP contribution in [0.5, 0.6) is 5.75 Å². The molecule has 0 aromatic heterocycles. The van der Waals surface area contributed by atoms with E-state index in [0.717, 1.165) is 0 Å². The van der Waals surface area contributed by atoms with E-state index in [1.807, 2.05) is 0 Å². The number of phenolic OH excluding ortho intramolecular Hbond substituents is 1. The van der Waals surface area contributed by atoms with Crippen molar-refractivity contribution in [3.05, 3.63) is 24.3 Å². The first-order chi connectivity index (χ1) is 6.92. The van der Waals surface area contributed by atoms with Crippen LogP contribution in [0.2, 0.25) is 0 Å². The maximum atomic E-state index is 10.7. The van der Waals surface area contributed by atoms with Crippen LogP contribution >= 0.6 is 0 Å². The molecule has 0 spiro atoms. The second-order valence-corrected chi connectivity index (χ2v) is 3.62. The molecule has 0 saturated heterocycles. The van der Waals surface area contributed by atoms with Crippen molar-refractivity contribution in [2.75, 3.05) is 11.9 Å². The number of anilines is 1. The summed E-state index contributed by atoms with van der Waals surface area (Å²) in [7, 11) is 0. The number of aromatic hydroxyl groups is 1. The van der Waals surface area contributed by atoms with Crippen molar-refractivity contribution in [3.8, 4) is 5.75 Å². The van der Waals surface area contributed by atoms with E-state index in [4.69, 9.17) is 15.9 Å². The third-order valence-electron chi connectivity index (χ3n) is 2.02. The summed E-state index contributed by atoms with van der Waals surface area (Å²) in [6.45, 7) is 1.55. The van der Waals surface area contributed by atoms with E-state index in [1.165, 1.54) is 19.1 Å². The van der Waals surface area contributed by atoms with Gasteiger partial charge in [-0.25, -0.2) is 0 Å². The molecule has 1 unspecified atom stereocenters. The smallest absolute Gasteiger partial charge is 0.325 e. The van der Waals surface area contributed by atoms with Gasteiger partial charge in [0.05, 0.1) is 0 Å². The summed E-state index contributed by atoms with van der Waals surface area (Å²) in [5.41, 5.74) is 4.93. The Morgan fingerprint density at radius 3 is 2.47 bits per heavy atom. The quantitative estimate of drug-likeness (QED) is 0.546. The third-order valence-corrected chi connectivity index (χ3v) is 2.02. The molecule has 0 aliphatic rings. The minimum atomic E-state index is -1.31. The van der Waals surface area contributed by atoms with Gasteiger partial charge in [-0.3, -0.25) is 4.79 Å². The maximum Gasteiger partial charge on any atom is 0.325 e. The number of nitrogens with one attached hydrogen (secondary N) is 1. The lowest BCUT2D eigenvalue weighted by atomic mass is 10.1. The number of carbonyl (C=O) groups is 1. The fourth-order valence-electron chi connectivity index (χ4n) is 0.941. The number of carboxylic acid groups (broad SMARTS) is 1. The van der Waals surface area contributed by atoms with E-state index < -0.39 is 11.5 Å². The van der Waals surface area contributed by atoms with Crippen LogP contribution in [0.25, 0.3) is 0 Å². The number of hydrogen-bond acceptors (Lipinski definition) is 4. The topological polar surface area (TPSA) is 95.6 Å². The molecule has 0 fully saturated rings. The first-order valence-corrected chi connectivity index (χ1v) is 4.47. The Labute approximate surface area is 87.5 Å². The Hall–Kier alpha value is -1.75. The molecular weight excluding hydrogens is 196 g/mol. The van der Waals surface area contributed by atoms with Crippen molar-refractivity contribution in [1.82, 2.24) is 0 Å². The van der Waals surface area contributed by atoms with E-state index in [2.05, 4.69) is 5.32 Å². The van der Waals surface area contributed by atoms with Gasteiger partial charge in [-0.05, 0) is 31.2 Å². The van der Waals surface area contributed by atoms with Crippen molar-refractivity contribution in [1.29, 1.82) is 0 Å². The molecule has 5 N–H and O–H groups in total. The Morgan fingerprint density at radius 1 is 1.47 bits per heavy atom. The van der Waals surface area contributed by atoms with E-state index >= 15 is 0 Å². The SMILES string of the molecule is CC(N)(CNc1ccc(O)cc1)C(=O)O. The normalized spacial score (nSPS) is 14.3. The monoisotopic (exact) mass is 210 g/mol. The van der Waals surface area contributed by atoms with Gasteiger partial charge < -0.3 is 21.3 Å². The van der Waals surface area contributed by atoms with Crippen LogP contribution in [0.15, 0.2) is 24.3 Å². The summed E-state index contributed by atoms with van der Waals surface area (Å²) < 4.78 is 0. The minimum Gasteiger partial charge on any atom is -0.508 e. The third kappa shape index (κ3) is 3.14. The van der Waals surface area contributed by atoms with Gasteiger partial charge >= 0.3 is 5.97 Å². The largest absolute Gasteiger partial charge is 0.508 e. The van der Waals surface area contributed by atoms with Crippen LogP contribution in [0.4, 0.5) is 5.69 Å². The molecule has 5 heteroatoms. The standard InChI is InChI=1S/C10H14N2O3/c1-10(11,9(14)15)6-12-7-2-4-8(13)5-3-7/h2-5,12-13H,6,11H2,1H3,(H,14,15). The lowest BCUT2D eigenvalue weighted by molar-refractivity contribution is -0.142. The predicted octanol–water partition coefficient (Wildman–Crippen LogP) is 0.606. The summed E-state index contributed by atoms with van der Waals surface area (Å²) in [6, 6.07) is 6.31. The zero-order chi connectivity index (χ0) is 11.5. The Kier molecular flexibility index (Phi) is 3.16. The molecule has 1 aromatic carbocycles. The highest BCUT2D eigenvalue weighted by Gasteiger charge is 2.27. The van der Waals surface area contributed by atoms with Crippen molar-refractivity contribution >= 4 is 11.7 Å². The van der Waals surface area contributed by atoms with E-state index in [9.17, 15) is 4.79 Å². The molecule has 0 aliphatic heterocycles. The number of nitrogens with two attached hydrogens (primary N) is 1. The molecule has 0 heterocycles. The zero-order valence-corrected chi connectivity index (χ0v) is 8.40. The Bertz CT molecular complexity index is 346. The first kappa shape index (κ1) is 11.3. The molecule has 0 amide bonds. The van der Waals surface area contributed by atoms with Gasteiger partial charge in [-0.1, -0.05) is 0 Å². The van der Waals surface area contributed by atoms with Crippen molar-refractivity contribution in [3.63, 3.8) is 0 Å². The number of rotatable bonds is 4. The molecule has 1 atom stereocenters. The van der Waals surface area contributed by atoms with Gasteiger partial charge in [0.1, 0.15) is 11.3 Å². The van der Waals surface area contributed by atoms with Crippen molar-refractivity contribution in [2.24, 2.45) is 5.73 Å². The first-order valence-electron chi connectivity index (χ1n) is 4.47. The second-order valence-electron chi connectivity index (χ2n) is 3.62. The molecular formula is C10H14N2O3. The van der Waals surface area contributed by atoms with Crippen LogP contribution in [0.3, 0.4) is 0 Å². The molecule has 1 rings (SSSR count). The van der Waals surface area contributed by atoms with Crippen LogP contribution in [-0.2, 0) is 4.79 Å². The van der Waals surface area contributed by atoms with Gasteiger partial charge in [0, 0.05) is 12.2 Å². The average Bonchev–Trinajstić information content (AvgIpc) is 2.17. The molecule has 0 radical (unpaired) electrons. The maximum absolute atomic E-state index is 10.7. The van der Waals surface area contributed by atoms with Crippen molar-refractivity contribution < 1.29 is 15.0 Å². The summed E-state index contributed by atoms with van der Waals surface area (Å²) in [4.78, 5) is 10.7. The summed E-state index contributed by atoms with van der Waals surface area (Å²) in [5, 5.41) is 20.7. The molecule has 0 aliphatic carbocycles. The highest BCUT2D eigenvalue weighted by atomic mass is 16.4. The van der Waals surface area contributed by atoms with Crippen LogP contribution < -0.4 is 11.1 Å². The van der Waals surface area contributed by atoms with Crippen LogP contribution in [-0.4, -0.2) is 28.3 Å². The molecule has 82 valence electrons. The highest BCUT2D eigenvalue weighted by Crippen LogP contribution is 2.14. The molecule has 0 bridgehead atoms. The number of hydrogen-bond donors (Lipinski definition) is 4. The van der Waals surface area contributed by atoms with E-state index in [0.29, 0.717) is 5.69 Å². The fourth-order valence-corrected chi connectivity index (χ4v) is 0.941. The second kappa shape index (κ2) is 4.18. The predicted molar refractivity (Wildman–Crippen MR) is 56.8 cm³/mol. The molecule has 0 saturated carbocycles. The van der Waals surface area contributed by atoms with E-state index in [1.54, 1.807) is 12.1 Å². The number of phenols is 1. The van der Waals surface area contributed by atoms with E-state index in [-0.39, 0.29) is 12.3 Å². The molecule has 15 heavy (non-hydrogen) atoms. The number of benzene rings is 1. The highest BCUT2D eigenvalue weighted by molar-refractivity contribution is 5.78. The summed E-state index contributed by atoms with van der Waals surface area (Å²) in [6.07, 6.45) is 0. The van der Waals surface area contributed by atoms with Crippen LogP contribution in [0, 0.1) is 0 Å². The van der Waals surface area contributed by atoms with Gasteiger partial charge in [-0.15, -0.1) is 0 Å².